The second kappa shape index (κ2) is 6.29. The van der Waals surface area contributed by atoms with Crippen LogP contribution in [-0.4, -0.2) is 66.2 Å². The highest BCUT2D eigenvalue weighted by atomic mass is 16.3. The van der Waals surface area contributed by atoms with Gasteiger partial charge in [-0.2, -0.15) is 0 Å². The molecule has 0 aromatic heterocycles. The zero-order valence-electron chi connectivity index (χ0n) is 12.8. The van der Waals surface area contributed by atoms with E-state index in [1.165, 1.54) is 0 Å². The van der Waals surface area contributed by atoms with Crippen molar-refractivity contribution in [2.24, 2.45) is 11.1 Å². The number of carbonyl (C=O) groups is 2. The fourth-order valence-electron chi connectivity index (χ4n) is 2.89. The van der Waals surface area contributed by atoms with Gasteiger partial charge in [0.05, 0.1) is 13.2 Å². The number of aliphatic hydroxyl groups excluding tert-OH is 1. The molecule has 7 nitrogen and oxygen atoms in total. The van der Waals surface area contributed by atoms with Gasteiger partial charge in [0.25, 0.3) is 0 Å². The number of nitrogens with one attached hydrogen (secondary N) is 2. The summed E-state index contributed by atoms with van der Waals surface area (Å²) in [6, 6.07) is -0.335. The number of hydrogen-bond donors (Lipinski definition) is 4. The van der Waals surface area contributed by atoms with Crippen molar-refractivity contribution in [1.82, 2.24) is 15.5 Å². The average molecular weight is 298 g/mol. The third kappa shape index (κ3) is 3.72. The van der Waals surface area contributed by atoms with E-state index in [1.54, 1.807) is 0 Å². The Bertz CT molecular complexity index is 409. The molecule has 2 rings (SSSR count). The standard InChI is InChI=1S/C14H26N4O3/c1-9(2)18-6-11(14(8-18)3-4-14)17-12(20)5-16-13(21)10(15)7-19/h9-11,19H,3-8,15H2,1-2H3,(H,16,21)(H,17,20)/t10-,11-/m0/s1. The first-order chi connectivity index (χ1) is 9.88. The molecule has 0 aromatic rings. The van der Waals surface area contributed by atoms with Gasteiger partial charge in [0, 0.05) is 30.6 Å². The smallest absolute Gasteiger partial charge is 0.239 e. The minimum Gasteiger partial charge on any atom is -0.394 e. The van der Waals surface area contributed by atoms with E-state index < -0.39 is 18.6 Å². The van der Waals surface area contributed by atoms with E-state index in [1.807, 2.05) is 0 Å². The Hall–Kier alpha value is -1.18. The summed E-state index contributed by atoms with van der Waals surface area (Å²) in [5.41, 5.74) is 5.61. The molecule has 5 N–H and O–H groups in total. The minimum atomic E-state index is -0.976. The van der Waals surface area contributed by atoms with Crippen molar-refractivity contribution in [2.45, 2.75) is 44.8 Å². The third-order valence-electron chi connectivity index (χ3n) is 4.59. The molecule has 1 saturated heterocycles. The second-order valence-electron chi connectivity index (χ2n) is 6.51. The highest BCUT2D eigenvalue weighted by Gasteiger charge is 2.55. The predicted octanol–water partition coefficient (Wildman–Crippen LogP) is -1.59. The molecule has 2 aliphatic rings. The van der Waals surface area contributed by atoms with Crippen LogP contribution in [0, 0.1) is 5.41 Å². The molecule has 0 aromatic carbocycles. The summed E-state index contributed by atoms with van der Waals surface area (Å²) in [6.07, 6.45) is 2.31. The first kappa shape index (κ1) is 16.2. The van der Waals surface area contributed by atoms with Crippen LogP contribution in [0.3, 0.4) is 0 Å². The molecule has 2 fully saturated rings. The molecule has 0 unspecified atom stereocenters. The van der Waals surface area contributed by atoms with E-state index in [0.717, 1.165) is 25.9 Å². The first-order valence-electron chi connectivity index (χ1n) is 7.55. The van der Waals surface area contributed by atoms with E-state index in [0.29, 0.717) is 6.04 Å². The molecule has 2 atom stereocenters. The van der Waals surface area contributed by atoms with Crippen LogP contribution in [0.5, 0.6) is 0 Å². The second-order valence-corrected chi connectivity index (χ2v) is 6.51. The van der Waals surface area contributed by atoms with Gasteiger partial charge in [0.15, 0.2) is 0 Å². The monoisotopic (exact) mass is 298 g/mol. The summed E-state index contributed by atoms with van der Waals surface area (Å²) in [4.78, 5) is 25.8. The van der Waals surface area contributed by atoms with Gasteiger partial charge in [0.2, 0.25) is 11.8 Å². The highest BCUT2D eigenvalue weighted by Crippen LogP contribution is 2.53. The number of likely N-dealkylation sites (tertiary alicyclic amines) is 1. The molecule has 2 amide bonds. The van der Waals surface area contributed by atoms with E-state index in [-0.39, 0.29) is 23.9 Å². The van der Waals surface area contributed by atoms with Crippen LogP contribution in [0.4, 0.5) is 0 Å². The summed E-state index contributed by atoms with van der Waals surface area (Å²) >= 11 is 0. The first-order valence-corrected chi connectivity index (χ1v) is 7.55. The molecule has 1 heterocycles. The maximum atomic E-state index is 12.0. The lowest BCUT2D eigenvalue weighted by atomic mass is 10.0. The van der Waals surface area contributed by atoms with E-state index >= 15 is 0 Å². The minimum absolute atomic E-state index is 0.0964. The quantitative estimate of drug-likeness (QED) is 0.473. The highest BCUT2D eigenvalue weighted by molar-refractivity contribution is 5.87. The molecular formula is C14H26N4O3. The van der Waals surface area contributed by atoms with Crippen molar-refractivity contribution in [2.75, 3.05) is 26.2 Å². The molecule has 1 saturated carbocycles. The molecule has 120 valence electrons. The maximum Gasteiger partial charge on any atom is 0.239 e. The Labute approximate surface area is 125 Å². The predicted molar refractivity (Wildman–Crippen MR) is 78.4 cm³/mol. The topological polar surface area (TPSA) is 108 Å². The summed E-state index contributed by atoms with van der Waals surface area (Å²) in [5.74, 6) is -0.709. The van der Waals surface area contributed by atoms with Crippen LogP contribution in [0.15, 0.2) is 0 Å². The van der Waals surface area contributed by atoms with Gasteiger partial charge in [-0.3, -0.25) is 14.5 Å². The van der Waals surface area contributed by atoms with Crippen LogP contribution in [-0.2, 0) is 9.59 Å². The van der Waals surface area contributed by atoms with Crippen LogP contribution in [0.1, 0.15) is 26.7 Å². The van der Waals surface area contributed by atoms with E-state index in [4.69, 9.17) is 10.8 Å². The number of nitrogens with zero attached hydrogens (tertiary/aromatic N) is 1. The van der Waals surface area contributed by atoms with Gasteiger partial charge in [-0.25, -0.2) is 0 Å². The summed E-state index contributed by atoms with van der Waals surface area (Å²) < 4.78 is 0. The zero-order valence-corrected chi connectivity index (χ0v) is 12.8. The van der Waals surface area contributed by atoms with Crippen molar-refractivity contribution >= 4 is 11.8 Å². The van der Waals surface area contributed by atoms with Crippen LogP contribution < -0.4 is 16.4 Å². The van der Waals surface area contributed by atoms with Crippen LogP contribution in [0.2, 0.25) is 0 Å². The van der Waals surface area contributed by atoms with Crippen molar-refractivity contribution in [3.8, 4) is 0 Å². The Morgan fingerprint density at radius 1 is 1.43 bits per heavy atom. The van der Waals surface area contributed by atoms with Gasteiger partial charge in [-0.05, 0) is 26.7 Å². The SMILES string of the molecule is CC(C)N1C[C@H](NC(=O)CNC(=O)[C@@H](N)CO)C2(CC2)C1. The molecule has 1 spiro atoms. The van der Waals surface area contributed by atoms with Crippen molar-refractivity contribution < 1.29 is 14.7 Å². The molecule has 1 aliphatic heterocycles. The van der Waals surface area contributed by atoms with Gasteiger partial charge in [-0.1, -0.05) is 0 Å². The number of aliphatic hydroxyl groups is 1. The number of hydrogen-bond acceptors (Lipinski definition) is 5. The molecular weight excluding hydrogens is 272 g/mol. The van der Waals surface area contributed by atoms with Crippen molar-refractivity contribution in [3.05, 3.63) is 0 Å². The Morgan fingerprint density at radius 2 is 2.10 bits per heavy atom. The van der Waals surface area contributed by atoms with E-state index in [9.17, 15) is 9.59 Å². The van der Waals surface area contributed by atoms with Gasteiger partial charge >= 0.3 is 0 Å². The van der Waals surface area contributed by atoms with Gasteiger partial charge in [-0.15, -0.1) is 0 Å². The largest absolute Gasteiger partial charge is 0.394 e. The number of nitrogens with two attached hydrogens (primary N) is 1. The maximum absolute atomic E-state index is 12.0. The summed E-state index contributed by atoms with van der Waals surface area (Å²) in [7, 11) is 0. The fourth-order valence-corrected chi connectivity index (χ4v) is 2.89. The number of rotatable bonds is 6. The number of carbonyl (C=O) groups excluding carboxylic acids is 2. The Morgan fingerprint density at radius 3 is 2.62 bits per heavy atom. The normalized spacial score (nSPS) is 25.1. The molecule has 7 heteroatoms. The average Bonchev–Trinajstić information content (AvgIpc) is 3.13. The van der Waals surface area contributed by atoms with Crippen molar-refractivity contribution in [1.29, 1.82) is 0 Å². The van der Waals surface area contributed by atoms with Gasteiger partial charge < -0.3 is 21.5 Å². The number of amides is 2. The summed E-state index contributed by atoms with van der Waals surface area (Å²) in [5, 5.41) is 14.2. The lowest BCUT2D eigenvalue weighted by Crippen LogP contribution is -2.49. The van der Waals surface area contributed by atoms with Crippen molar-refractivity contribution in [3.63, 3.8) is 0 Å². The zero-order chi connectivity index (χ0) is 15.6. The molecule has 1 aliphatic carbocycles. The lowest BCUT2D eigenvalue weighted by Gasteiger charge is -2.20. The Balaban J connectivity index is 1.79. The van der Waals surface area contributed by atoms with Crippen LogP contribution in [0.25, 0.3) is 0 Å². The van der Waals surface area contributed by atoms with E-state index in [2.05, 4.69) is 29.4 Å². The molecule has 21 heavy (non-hydrogen) atoms. The van der Waals surface area contributed by atoms with Gasteiger partial charge in [0.1, 0.15) is 6.04 Å². The molecule has 0 bridgehead atoms. The fraction of sp³-hybridized carbons (Fsp3) is 0.857. The third-order valence-corrected chi connectivity index (χ3v) is 4.59. The Kier molecular flexibility index (Phi) is 4.85. The van der Waals surface area contributed by atoms with Crippen LogP contribution >= 0.6 is 0 Å². The molecule has 0 radical (unpaired) electrons. The lowest BCUT2D eigenvalue weighted by molar-refractivity contribution is -0.127. The summed E-state index contributed by atoms with van der Waals surface area (Å²) in [6.45, 7) is 5.71.